The van der Waals surface area contributed by atoms with E-state index in [0.717, 1.165) is 52.7 Å². The number of hydrogen-bond donors (Lipinski definition) is 1. The highest BCUT2D eigenvalue weighted by molar-refractivity contribution is 8.15. The third-order valence-corrected chi connectivity index (χ3v) is 12.8. The van der Waals surface area contributed by atoms with Crippen LogP contribution >= 0.6 is 11.8 Å². The first kappa shape index (κ1) is 27.4. The number of carbonyl (C=O) groups is 2. The van der Waals surface area contributed by atoms with E-state index in [1.54, 1.807) is 0 Å². The van der Waals surface area contributed by atoms with Crippen LogP contribution in [0.25, 0.3) is 11.5 Å². The Bertz CT molecular complexity index is 1250. The predicted molar refractivity (Wildman–Crippen MR) is 151 cm³/mol. The zero-order valence-electron chi connectivity index (χ0n) is 22.5. The van der Waals surface area contributed by atoms with Gasteiger partial charge in [0.15, 0.2) is 8.32 Å². The molecular weight excluding hydrogens is 500 g/mol. The third-order valence-electron chi connectivity index (χ3n) is 7.34. The normalized spacial score (nSPS) is 17.2. The molecule has 1 fully saturated rings. The van der Waals surface area contributed by atoms with Crippen LogP contribution in [0.4, 0.5) is 4.79 Å². The molecule has 0 aliphatic carbocycles. The highest BCUT2D eigenvalue weighted by Gasteiger charge is 2.39. The Labute approximate surface area is 224 Å². The van der Waals surface area contributed by atoms with Gasteiger partial charge in [-0.2, -0.15) is 0 Å². The first-order valence-electron chi connectivity index (χ1n) is 12.7. The molecule has 4 rings (SSSR count). The number of hydrogen-bond acceptors (Lipinski definition) is 6. The number of benzene rings is 2. The average Bonchev–Trinajstić information content (AvgIpc) is 3.37. The van der Waals surface area contributed by atoms with Crippen molar-refractivity contribution in [3.05, 3.63) is 77.2 Å². The molecule has 3 aromatic rings. The van der Waals surface area contributed by atoms with Crippen molar-refractivity contribution >= 4 is 31.2 Å². The Balaban J connectivity index is 1.52. The van der Waals surface area contributed by atoms with Gasteiger partial charge >= 0.3 is 0 Å². The Kier molecular flexibility index (Phi) is 8.11. The maximum Gasteiger partial charge on any atom is 0.286 e. The van der Waals surface area contributed by atoms with Crippen LogP contribution in [0.2, 0.25) is 18.1 Å². The Morgan fingerprint density at radius 3 is 2.35 bits per heavy atom. The minimum Gasteiger partial charge on any atom is -0.441 e. The summed E-state index contributed by atoms with van der Waals surface area (Å²) < 4.78 is 12.9. The first-order chi connectivity index (χ1) is 17.4. The lowest BCUT2D eigenvalue weighted by molar-refractivity contribution is -0.118. The number of amides is 2. The summed E-state index contributed by atoms with van der Waals surface area (Å²) in [6.45, 7) is 13.3. The molecular formula is C29H36N2O4SSi. The number of aromatic nitrogens is 1. The number of aryl methyl sites for hydroxylation is 2. The largest absolute Gasteiger partial charge is 0.441 e. The Morgan fingerprint density at radius 2 is 1.76 bits per heavy atom. The SMILES string of the molecule is Cc1oc(-c2ccccc2)nc1CCC(O[Si](C)(C)C(C)(C)C)c1ccc(C[C@@H]2SC(=O)NC2=O)cc1. The van der Waals surface area contributed by atoms with Gasteiger partial charge in [0, 0.05) is 5.56 Å². The lowest BCUT2D eigenvalue weighted by atomic mass is 10.0. The number of nitrogens with zero attached hydrogens (tertiary/aromatic N) is 1. The van der Waals surface area contributed by atoms with Crippen molar-refractivity contribution in [1.29, 1.82) is 0 Å². The lowest BCUT2D eigenvalue weighted by Crippen LogP contribution is -2.42. The monoisotopic (exact) mass is 536 g/mol. The van der Waals surface area contributed by atoms with Crippen molar-refractivity contribution < 1.29 is 18.4 Å². The second-order valence-electron chi connectivity index (χ2n) is 11.1. The average molecular weight is 537 g/mol. The predicted octanol–water partition coefficient (Wildman–Crippen LogP) is 7.24. The number of carbonyl (C=O) groups excluding carboxylic acids is 2. The van der Waals surface area contributed by atoms with Crippen molar-refractivity contribution in [3.8, 4) is 11.5 Å². The molecule has 2 amide bonds. The van der Waals surface area contributed by atoms with E-state index in [2.05, 4.69) is 51.3 Å². The molecule has 2 aromatic carbocycles. The van der Waals surface area contributed by atoms with Gasteiger partial charge in [-0.3, -0.25) is 14.9 Å². The van der Waals surface area contributed by atoms with Crippen LogP contribution in [0.15, 0.2) is 59.0 Å². The fraction of sp³-hybridized carbons (Fsp3) is 0.414. The molecule has 1 aliphatic heterocycles. The van der Waals surface area contributed by atoms with Crippen molar-refractivity contribution in [2.24, 2.45) is 0 Å². The fourth-order valence-electron chi connectivity index (χ4n) is 4.07. The number of oxazole rings is 1. The molecule has 1 aromatic heterocycles. The van der Waals surface area contributed by atoms with Gasteiger partial charge in [0.05, 0.1) is 17.0 Å². The smallest absolute Gasteiger partial charge is 0.286 e. The molecule has 0 spiro atoms. The molecule has 2 heterocycles. The maximum atomic E-state index is 12.0. The van der Waals surface area contributed by atoms with Gasteiger partial charge in [-0.15, -0.1) is 0 Å². The van der Waals surface area contributed by atoms with Gasteiger partial charge in [-0.05, 0) is 67.6 Å². The topological polar surface area (TPSA) is 81.4 Å². The second-order valence-corrected chi connectivity index (χ2v) is 17.1. The fourth-order valence-corrected chi connectivity index (χ4v) is 6.25. The molecule has 8 heteroatoms. The van der Waals surface area contributed by atoms with Crippen LogP contribution in [0.3, 0.4) is 0 Å². The Hall–Kier alpha value is -2.68. The van der Waals surface area contributed by atoms with Crippen LogP contribution in [-0.2, 0) is 22.1 Å². The minimum absolute atomic E-state index is 0.0784. The molecule has 0 bridgehead atoms. The molecule has 0 saturated carbocycles. The molecule has 1 N–H and O–H groups in total. The molecule has 196 valence electrons. The van der Waals surface area contributed by atoms with Crippen molar-refractivity contribution in [2.75, 3.05) is 0 Å². The highest BCUT2D eigenvalue weighted by atomic mass is 32.2. The number of imide groups is 1. The lowest BCUT2D eigenvalue weighted by Gasteiger charge is -2.39. The molecule has 6 nitrogen and oxygen atoms in total. The van der Waals surface area contributed by atoms with E-state index in [1.807, 2.05) is 49.4 Å². The van der Waals surface area contributed by atoms with Crippen LogP contribution in [0, 0.1) is 6.92 Å². The maximum absolute atomic E-state index is 12.0. The van der Waals surface area contributed by atoms with Gasteiger partial charge in [-0.1, -0.05) is 75.0 Å². The molecule has 37 heavy (non-hydrogen) atoms. The zero-order valence-corrected chi connectivity index (χ0v) is 24.3. The van der Waals surface area contributed by atoms with E-state index < -0.39 is 8.32 Å². The van der Waals surface area contributed by atoms with Crippen LogP contribution < -0.4 is 5.32 Å². The van der Waals surface area contributed by atoms with Gasteiger partial charge in [-0.25, -0.2) is 4.98 Å². The number of nitrogens with one attached hydrogen (secondary N) is 1. The second kappa shape index (κ2) is 11.0. The number of rotatable bonds is 9. The quantitative estimate of drug-likeness (QED) is 0.290. The van der Waals surface area contributed by atoms with E-state index in [-0.39, 0.29) is 27.5 Å². The molecule has 2 atom stereocenters. The molecule has 1 aliphatic rings. The van der Waals surface area contributed by atoms with E-state index in [9.17, 15) is 9.59 Å². The summed E-state index contributed by atoms with van der Waals surface area (Å²) in [6, 6.07) is 18.2. The summed E-state index contributed by atoms with van der Waals surface area (Å²) in [7, 11) is -2.05. The molecule has 0 radical (unpaired) electrons. The van der Waals surface area contributed by atoms with Gasteiger partial charge in [0.1, 0.15) is 5.76 Å². The van der Waals surface area contributed by atoms with Gasteiger partial charge < -0.3 is 8.84 Å². The standard InChI is InChI=1S/C29H36N2O4SSi/c1-19-23(30-27(34-19)22-10-8-7-9-11-22)16-17-24(35-37(5,6)29(2,3)4)21-14-12-20(13-15-21)18-25-26(32)31-28(33)36-25/h7-15,24-25H,16-18H2,1-6H3,(H,31,32,33)/t24?,25-/m0/s1. The van der Waals surface area contributed by atoms with E-state index in [0.29, 0.717) is 12.3 Å². The zero-order chi connectivity index (χ0) is 26.8. The van der Waals surface area contributed by atoms with Crippen LogP contribution in [0.1, 0.15) is 55.9 Å². The highest BCUT2D eigenvalue weighted by Crippen LogP contribution is 2.41. The van der Waals surface area contributed by atoms with Crippen LogP contribution in [0.5, 0.6) is 0 Å². The van der Waals surface area contributed by atoms with Crippen molar-refractivity contribution in [3.63, 3.8) is 0 Å². The molecule has 1 unspecified atom stereocenters. The first-order valence-corrected chi connectivity index (χ1v) is 16.5. The minimum atomic E-state index is -2.05. The Morgan fingerprint density at radius 1 is 1.08 bits per heavy atom. The summed E-state index contributed by atoms with van der Waals surface area (Å²) in [5.74, 6) is 1.27. The van der Waals surface area contributed by atoms with Crippen LogP contribution in [-0.4, -0.2) is 29.7 Å². The summed E-state index contributed by atoms with van der Waals surface area (Å²) >= 11 is 1.06. The third kappa shape index (κ3) is 6.61. The summed E-state index contributed by atoms with van der Waals surface area (Å²) in [4.78, 5) is 28.3. The summed E-state index contributed by atoms with van der Waals surface area (Å²) in [5.41, 5.74) is 4.06. The molecule has 1 saturated heterocycles. The van der Waals surface area contributed by atoms with Crippen molar-refractivity contribution in [1.82, 2.24) is 10.3 Å². The van der Waals surface area contributed by atoms with E-state index in [4.69, 9.17) is 13.8 Å². The van der Waals surface area contributed by atoms with E-state index >= 15 is 0 Å². The summed E-state index contributed by atoms with van der Waals surface area (Å²) in [5, 5.41) is 1.80. The summed E-state index contributed by atoms with van der Waals surface area (Å²) in [6.07, 6.45) is 1.96. The van der Waals surface area contributed by atoms with Gasteiger partial charge in [0.25, 0.3) is 5.24 Å². The van der Waals surface area contributed by atoms with Crippen molar-refractivity contribution in [2.45, 2.75) is 76.4 Å². The van der Waals surface area contributed by atoms with Gasteiger partial charge in [0.2, 0.25) is 11.8 Å². The van der Waals surface area contributed by atoms with E-state index in [1.165, 1.54) is 0 Å². The number of thioether (sulfide) groups is 1.